The highest BCUT2D eigenvalue weighted by atomic mass is 32.2. The molecule has 0 atom stereocenters. The van der Waals surface area contributed by atoms with Crippen molar-refractivity contribution in [1.82, 2.24) is 4.31 Å². The fraction of sp³-hybridized carbons (Fsp3) is 0.429. The predicted molar refractivity (Wildman–Crippen MR) is 44.4 cm³/mol. The summed E-state index contributed by atoms with van der Waals surface area (Å²) in [4.78, 5) is 0.475. The first-order valence-electron chi connectivity index (χ1n) is 3.33. The summed E-state index contributed by atoms with van der Waals surface area (Å²) in [6, 6.07) is 0. The van der Waals surface area contributed by atoms with Gasteiger partial charge in [-0.05, 0) is 6.08 Å². The van der Waals surface area contributed by atoms with E-state index in [9.17, 15) is 8.42 Å². The van der Waals surface area contributed by atoms with Crippen molar-refractivity contribution in [3.8, 4) is 0 Å². The van der Waals surface area contributed by atoms with Crippen LogP contribution in [0.5, 0.6) is 0 Å². The van der Waals surface area contributed by atoms with Crippen molar-refractivity contribution >= 4 is 10.0 Å². The zero-order chi connectivity index (χ0) is 8.48. The number of nitrogens with zero attached hydrogens (tertiary/aromatic N) is 1. The Bertz CT molecular complexity index is 298. The van der Waals surface area contributed by atoms with Gasteiger partial charge in [0.15, 0.2) is 0 Å². The van der Waals surface area contributed by atoms with Crippen LogP contribution in [-0.4, -0.2) is 26.8 Å². The largest absolute Gasteiger partial charge is 0.239 e. The summed E-state index contributed by atoms with van der Waals surface area (Å²) in [6.07, 6.45) is 5.75. The first kappa shape index (κ1) is 8.49. The van der Waals surface area contributed by atoms with Crippen LogP contribution in [0.3, 0.4) is 0 Å². The number of rotatable bonds is 2. The predicted octanol–water partition coefficient (Wildman–Crippen LogP) is 0.722. The van der Waals surface area contributed by atoms with Gasteiger partial charge in [0, 0.05) is 20.5 Å². The maximum absolute atomic E-state index is 11.4. The quantitative estimate of drug-likeness (QED) is 0.617. The lowest BCUT2D eigenvalue weighted by Gasteiger charge is -2.11. The summed E-state index contributed by atoms with van der Waals surface area (Å²) in [5, 5.41) is 0. The summed E-state index contributed by atoms with van der Waals surface area (Å²) in [6.45, 7) is 0. The highest BCUT2D eigenvalue weighted by Gasteiger charge is 2.19. The van der Waals surface area contributed by atoms with Crippen molar-refractivity contribution in [2.24, 2.45) is 0 Å². The van der Waals surface area contributed by atoms with Crippen LogP contribution in [0, 0.1) is 0 Å². The van der Waals surface area contributed by atoms with E-state index in [4.69, 9.17) is 0 Å². The number of hydrogen-bond donors (Lipinski definition) is 0. The molecule has 0 spiro atoms. The highest BCUT2D eigenvalue weighted by Crippen LogP contribution is 2.18. The van der Waals surface area contributed by atoms with E-state index in [0.29, 0.717) is 11.3 Å². The van der Waals surface area contributed by atoms with Gasteiger partial charge < -0.3 is 0 Å². The van der Waals surface area contributed by atoms with Crippen LogP contribution in [0.1, 0.15) is 6.42 Å². The Morgan fingerprint density at radius 2 is 2.09 bits per heavy atom. The molecule has 0 radical (unpaired) electrons. The molecule has 1 aliphatic carbocycles. The fourth-order valence-corrected chi connectivity index (χ4v) is 1.88. The van der Waals surface area contributed by atoms with Crippen molar-refractivity contribution in [2.45, 2.75) is 6.42 Å². The van der Waals surface area contributed by atoms with E-state index in [0.717, 1.165) is 0 Å². The van der Waals surface area contributed by atoms with Gasteiger partial charge in [0.1, 0.15) is 0 Å². The van der Waals surface area contributed by atoms with Crippen LogP contribution in [0.4, 0.5) is 0 Å². The Morgan fingerprint density at radius 1 is 1.45 bits per heavy atom. The Kier molecular flexibility index (Phi) is 2.15. The molecule has 0 amide bonds. The molecule has 0 heterocycles. The Hall–Kier alpha value is -0.610. The molecule has 1 aliphatic rings. The molecular formula is C7H11NO2S. The van der Waals surface area contributed by atoms with Crippen molar-refractivity contribution in [3.05, 3.63) is 23.1 Å². The molecule has 4 heteroatoms. The molecule has 0 N–H and O–H groups in total. The zero-order valence-electron chi connectivity index (χ0n) is 6.61. The Morgan fingerprint density at radius 3 is 2.45 bits per heavy atom. The molecule has 0 fully saturated rings. The third-order valence-electron chi connectivity index (χ3n) is 1.55. The van der Waals surface area contributed by atoms with E-state index < -0.39 is 10.0 Å². The van der Waals surface area contributed by atoms with E-state index >= 15 is 0 Å². The van der Waals surface area contributed by atoms with Gasteiger partial charge in [-0.15, -0.1) is 0 Å². The smallest absolute Gasteiger partial charge is 0.207 e. The SMILES string of the molecule is CN(C)S(=O)(=O)C1=CC=CC1. The summed E-state index contributed by atoms with van der Waals surface area (Å²) in [5.41, 5.74) is 0. The molecule has 11 heavy (non-hydrogen) atoms. The number of allylic oxidation sites excluding steroid dienone is 4. The molecule has 0 aliphatic heterocycles. The van der Waals surface area contributed by atoms with Gasteiger partial charge in [0.05, 0.1) is 4.91 Å². The minimum Gasteiger partial charge on any atom is -0.207 e. The maximum atomic E-state index is 11.4. The first-order chi connectivity index (χ1) is 5.05. The molecule has 62 valence electrons. The van der Waals surface area contributed by atoms with Crippen molar-refractivity contribution in [2.75, 3.05) is 14.1 Å². The van der Waals surface area contributed by atoms with Crippen LogP contribution in [0.2, 0.25) is 0 Å². The summed E-state index contributed by atoms with van der Waals surface area (Å²) in [5.74, 6) is 0. The van der Waals surface area contributed by atoms with Gasteiger partial charge in [0.2, 0.25) is 10.0 Å². The molecule has 0 aromatic rings. The van der Waals surface area contributed by atoms with Crippen molar-refractivity contribution in [1.29, 1.82) is 0 Å². The second-order valence-corrected chi connectivity index (χ2v) is 4.76. The second-order valence-electron chi connectivity index (χ2n) is 2.55. The van der Waals surface area contributed by atoms with Crippen LogP contribution < -0.4 is 0 Å². The zero-order valence-corrected chi connectivity index (χ0v) is 7.43. The molecule has 0 saturated heterocycles. The fourth-order valence-electron chi connectivity index (χ4n) is 0.853. The second kappa shape index (κ2) is 2.79. The van der Waals surface area contributed by atoms with E-state index in [-0.39, 0.29) is 0 Å². The third kappa shape index (κ3) is 1.52. The molecule has 0 aromatic carbocycles. The van der Waals surface area contributed by atoms with Crippen molar-refractivity contribution in [3.63, 3.8) is 0 Å². The number of hydrogen-bond acceptors (Lipinski definition) is 2. The van der Waals surface area contributed by atoms with E-state index in [1.807, 2.05) is 6.08 Å². The standard InChI is InChI=1S/C7H11NO2S/c1-8(2)11(9,10)7-5-3-4-6-7/h3-5H,6H2,1-2H3. The molecule has 0 aromatic heterocycles. The average Bonchev–Trinajstić information content (AvgIpc) is 2.37. The Labute approximate surface area is 67.1 Å². The molecule has 1 rings (SSSR count). The third-order valence-corrected chi connectivity index (χ3v) is 3.48. The van der Waals surface area contributed by atoms with Gasteiger partial charge >= 0.3 is 0 Å². The van der Waals surface area contributed by atoms with Gasteiger partial charge in [-0.1, -0.05) is 12.2 Å². The lowest BCUT2D eigenvalue weighted by molar-refractivity contribution is 0.527. The first-order valence-corrected chi connectivity index (χ1v) is 4.77. The highest BCUT2D eigenvalue weighted by molar-refractivity contribution is 7.93. The summed E-state index contributed by atoms with van der Waals surface area (Å²) in [7, 11) is -0.0723. The molecule has 3 nitrogen and oxygen atoms in total. The average molecular weight is 173 g/mol. The van der Waals surface area contributed by atoms with E-state index in [1.165, 1.54) is 18.4 Å². The van der Waals surface area contributed by atoms with Crippen LogP contribution in [0.25, 0.3) is 0 Å². The summed E-state index contributed by atoms with van der Waals surface area (Å²) < 4.78 is 23.9. The van der Waals surface area contributed by atoms with Crippen LogP contribution in [0.15, 0.2) is 23.1 Å². The van der Waals surface area contributed by atoms with Crippen LogP contribution in [-0.2, 0) is 10.0 Å². The summed E-state index contributed by atoms with van der Waals surface area (Å²) >= 11 is 0. The van der Waals surface area contributed by atoms with Gasteiger partial charge in [-0.3, -0.25) is 0 Å². The van der Waals surface area contributed by atoms with E-state index in [2.05, 4.69) is 0 Å². The van der Waals surface area contributed by atoms with Gasteiger partial charge in [-0.25, -0.2) is 12.7 Å². The molecule has 0 saturated carbocycles. The normalized spacial score (nSPS) is 17.5. The van der Waals surface area contributed by atoms with Gasteiger partial charge in [0.25, 0.3) is 0 Å². The lowest BCUT2D eigenvalue weighted by atomic mass is 10.5. The molecule has 0 bridgehead atoms. The molecular weight excluding hydrogens is 162 g/mol. The minimum absolute atomic E-state index is 0.475. The minimum atomic E-state index is -3.14. The van der Waals surface area contributed by atoms with Gasteiger partial charge in [-0.2, -0.15) is 0 Å². The Balaban J connectivity index is 2.92. The lowest BCUT2D eigenvalue weighted by Crippen LogP contribution is -2.23. The number of sulfonamides is 1. The monoisotopic (exact) mass is 173 g/mol. The van der Waals surface area contributed by atoms with Crippen molar-refractivity contribution < 1.29 is 8.42 Å². The molecule has 0 unspecified atom stereocenters. The topological polar surface area (TPSA) is 37.4 Å². The van der Waals surface area contributed by atoms with E-state index in [1.54, 1.807) is 12.2 Å². The van der Waals surface area contributed by atoms with Crippen LogP contribution >= 0.6 is 0 Å². The maximum Gasteiger partial charge on any atom is 0.239 e.